The second-order valence-electron chi connectivity index (χ2n) is 5.13. The molecule has 5 heteroatoms. The number of rotatable bonds is 2. The number of carbonyl (C=O) groups is 1. The third-order valence-corrected chi connectivity index (χ3v) is 5.04. The molecule has 1 aliphatic rings. The van der Waals surface area contributed by atoms with Gasteiger partial charge in [-0.2, -0.15) is 0 Å². The van der Waals surface area contributed by atoms with Crippen LogP contribution in [-0.2, 0) is 0 Å². The number of piperidine rings is 1. The van der Waals surface area contributed by atoms with Crippen molar-refractivity contribution in [2.75, 3.05) is 13.6 Å². The smallest absolute Gasteiger partial charge is 0.253 e. The third kappa shape index (κ3) is 3.50. The Hall–Kier alpha value is -0.580. The summed E-state index contributed by atoms with van der Waals surface area (Å²) >= 11 is 9.48. The van der Waals surface area contributed by atoms with Gasteiger partial charge in [0.15, 0.2) is 0 Å². The van der Waals surface area contributed by atoms with Crippen molar-refractivity contribution in [1.29, 1.82) is 0 Å². The van der Waals surface area contributed by atoms with E-state index in [2.05, 4.69) is 40.1 Å². The molecule has 1 aliphatic heterocycles. The van der Waals surface area contributed by atoms with Gasteiger partial charge in [-0.1, -0.05) is 17.7 Å². The molecule has 2 atom stereocenters. The number of nitrogens with zero attached hydrogens (tertiary/aromatic N) is 1. The van der Waals surface area contributed by atoms with E-state index in [4.69, 9.17) is 11.6 Å². The summed E-state index contributed by atoms with van der Waals surface area (Å²) in [5.74, 6) is -0.0898. The molecule has 1 fully saturated rings. The van der Waals surface area contributed by atoms with Crippen LogP contribution in [0.15, 0.2) is 22.7 Å². The molecule has 1 aromatic carbocycles. The molecule has 104 valence electrons. The van der Waals surface area contributed by atoms with Crippen molar-refractivity contribution in [3.05, 3.63) is 33.3 Å². The van der Waals surface area contributed by atoms with Gasteiger partial charge in [0.25, 0.3) is 5.91 Å². The van der Waals surface area contributed by atoms with Crippen molar-refractivity contribution in [1.82, 2.24) is 10.2 Å². The zero-order valence-corrected chi connectivity index (χ0v) is 13.5. The van der Waals surface area contributed by atoms with Gasteiger partial charge < -0.3 is 10.2 Å². The molecule has 1 N–H and O–H groups in total. The average Bonchev–Trinajstić information content (AvgIpc) is 2.37. The normalized spacial score (nSPS) is 24.2. The summed E-state index contributed by atoms with van der Waals surface area (Å²) in [7, 11) is 2.12. The van der Waals surface area contributed by atoms with Crippen LogP contribution in [0.2, 0.25) is 5.02 Å². The summed E-state index contributed by atoms with van der Waals surface area (Å²) in [6.45, 7) is 3.20. The molecular weight excluding hydrogens is 328 g/mol. The summed E-state index contributed by atoms with van der Waals surface area (Å²) in [6, 6.07) is 6.13. The van der Waals surface area contributed by atoms with Crippen LogP contribution < -0.4 is 5.32 Å². The second kappa shape index (κ2) is 6.25. The minimum Gasteiger partial charge on any atom is -0.349 e. The van der Waals surface area contributed by atoms with E-state index in [0.29, 0.717) is 16.6 Å². The molecule has 2 rings (SSSR count). The molecule has 0 saturated carbocycles. The molecule has 19 heavy (non-hydrogen) atoms. The van der Waals surface area contributed by atoms with Crippen molar-refractivity contribution >= 4 is 33.4 Å². The fourth-order valence-corrected chi connectivity index (χ4v) is 2.94. The molecular formula is C14H18BrClN2O. The van der Waals surface area contributed by atoms with Gasteiger partial charge in [0, 0.05) is 23.1 Å². The number of amides is 1. The first-order valence-corrected chi connectivity index (χ1v) is 7.61. The SMILES string of the molecule is CC1CC(NC(=O)c2cccc(Br)c2Cl)CCN1C. The Morgan fingerprint density at radius 2 is 2.26 bits per heavy atom. The highest BCUT2D eigenvalue weighted by Gasteiger charge is 2.24. The zero-order chi connectivity index (χ0) is 14.0. The van der Waals surface area contributed by atoms with E-state index in [-0.39, 0.29) is 11.9 Å². The molecule has 1 amide bonds. The first kappa shape index (κ1) is 14.8. The lowest BCUT2D eigenvalue weighted by Gasteiger charge is -2.35. The maximum absolute atomic E-state index is 12.2. The largest absolute Gasteiger partial charge is 0.349 e. The number of nitrogens with one attached hydrogen (secondary N) is 1. The summed E-state index contributed by atoms with van der Waals surface area (Å²) in [4.78, 5) is 14.6. The van der Waals surface area contributed by atoms with E-state index < -0.39 is 0 Å². The molecule has 0 spiro atoms. The lowest BCUT2D eigenvalue weighted by atomic mass is 9.98. The average molecular weight is 346 g/mol. The number of hydrogen-bond acceptors (Lipinski definition) is 2. The molecule has 1 aromatic rings. The summed E-state index contributed by atoms with van der Waals surface area (Å²) in [5.41, 5.74) is 0.530. The predicted octanol–water partition coefficient (Wildman–Crippen LogP) is 3.32. The van der Waals surface area contributed by atoms with E-state index >= 15 is 0 Å². The molecule has 3 nitrogen and oxygen atoms in total. The van der Waals surface area contributed by atoms with Crippen LogP contribution in [0.25, 0.3) is 0 Å². The maximum Gasteiger partial charge on any atom is 0.253 e. The molecule has 0 aliphatic carbocycles. The highest BCUT2D eigenvalue weighted by atomic mass is 79.9. The Balaban J connectivity index is 2.03. The van der Waals surface area contributed by atoms with Crippen LogP contribution in [0.5, 0.6) is 0 Å². The Morgan fingerprint density at radius 1 is 1.53 bits per heavy atom. The monoisotopic (exact) mass is 344 g/mol. The molecule has 0 radical (unpaired) electrons. The first-order chi connectivity index (χ1) is 8.99. The van der Waals surface area contributed by atoms with Gasteiger partial charge in [-0.25, -0.2) is 0 Å². The van der Waals surface area contributed by atoms with Crippen molar-refractivity contribution in [2.24, 2.45) is 0 Å². The van der Waals surface area contributed by atoms with E-state index in [1.54, 1.807) is 6.07 Å². The third-order valence-electron chi connectivity index (χ3n) is 3.74. The van der Waals surface area contributed by atoms with E-state index in [9.17, 15) is 4.79 Å². The second-order valence-corrected chi connectivity index (χ2v) is 6.36. The van der Waals surface area contributed by atoms with Gasteiger partial charge in [-0.15, -0.1) is 0 Å². The van der Waals surface area contributed by atoms with Crippen LogP contribution in [0.4, 0.5) is 0 Å². The minimum atomic E-state index is -0.0898. The van der Waals surface area contributed by atoms with Crippen LogP contribution >= 0.6 is 27.5 Å². The Bertz CT molecular complexity index is 481. The summed E-state index contributed by atoms with van der Waals surface area (Å²) in [5, 5.41) is 3.56. The van der Waals surface area contributed by atoms with Crippen molar-refractivity contribution in [2.45, 2.75) is 31.8 Å². The Kier molecular flexibility index (Phi) is 4.87. The maximum atomic E-state index is 12.2. The van der Waals surface area contributed by atoms with E-state index in [0.717, 1.165) is 23.9 Å². The fraction of sp³-hybridized carbons (Fsp3) is 0.500. The number of halogens is 2. The van der Waals surface area contributed by atoms with Gasteiger partial charge in [-0.05, 0) is 54.9 Å². The quantitative estimate of drug-likeness (QED) is 0.892. The van der Waals surface area contributed by atoms with Gasteiger partial charge in [0.2, 0.25) is 0 Å². The first-order valence-electron chi connectivity index (χ1n) is 6.44. The highest BCUT2D eigenvalue weighted by Crippen LogP contribution is 2.26. The summed E-state index contributed by atoms with van der Waals surface area (Å²) < 4.78 is 0.749. The van der Waals surface area contributed by atoms with Crippen molar-refractivity contribution in [3.8, 4) is 0 Å². The molecule has 0 bridgehead atoms. The molecule has 0 aromatic heterocycles. The predicted molar refractivity (Wildman–Crippen MR) is 81.7 cm³/mol. The van der Waals surface area contributed by atoms with E-state index in [1.807, 2.05) is 12.1 Å². The molecule has 1 heterocycles. The van der Waals surface area contributed by atoms with Crippen LogP contribution in [0.1, 0.15) is 30.1 Å². The zero-order valence-electron chi connectivity index (χ0n) is 11.1. The number of carbonyl (C=O) groups excluding carboxylic acids is 1. The van der Waals surface area contributed by atoms with Gasteiger partial charge in [0.05, 0.1) is 10.6 Å². The standard InChI is InChI=1S/C14H18BrClN2O/c1-9-8-10(6-7-18(9)2)17-14(19)11-4-3-5-12(15)13(11)16/h3-5,9-10H,6-8H2,1-2H3,(H,17,19). The minimum absolute atomic E-state index is 0.0898. The number of likely N-dealkylation sites (tertiary alicyclic amines) is 1. The lowest BCUT2D eigenvalue weighted by Crippen LogP contribution is -2.47. The van der Waals surface area contributed by atoms with Gasteiger partial charge in [0.1, 0.15) is 0 Å². The summed E-state index contributed by atoms with van der Waals surface area (Å²) in [6.07, 6.45) is 1.96. The van der Waals surface area contributed by atoms with Gasteiger partial charge in [-0.3, -0.25) is 4.79 Å². The van der Waals surface area contributed by atoms with Crippen LogP contribution in [0, 0.1) is 0 Å². The van der Waals surface area contributed by atoms with Crippen molar-refractivity contribution in [3.63, 3.8) is 0 Å². The molecule has 2 unspecified atom stereocenters. The fourth-order valence-electron chi connectivity index (χ4n) is 2.36. The van der Waals surface area contributed by atoms with Crippen LogP contribution in [0.3, 0.4) is 0 Å². The van der Waals surface area contributed by atoms with Crippen LogP contribution in [-0.4, -0.2) is 36.5 Å². The number of benzene rings is 1. The highest BCUT2D eigenvalue weighted by molar-refractivity contribution is 9.10. The Morgan fingerprint density at radius 3 is 2.95 bits per heavy atom. The number of hydrogen-bond donors (Lipinski definition) is 1. The van der Waals surface area contributed by atoms with E-state index in [1.165, 1.54) is 0 Å². The lowest BCUT2D eigenvalue weighted by molar-refractivity contribution is 0.0896. The Labute approximate surface area is 127 Å². The van der Waals surface area contributed by atoms with Gasteiger partial charge >= 0.3 is 0 Å². The van der Waals surface area contributed by atoms with Crippen molar-refractivity contribution < 1.29 is 4.79 Å². The molecule has 1 saturated heterocycles. The topological polar surface area (TPSA) is 32.3 Å².